The maximum atomic E-state index is 4.33. The summed E-state index contributed by atoms with van der Waals surface area (Å²) in [4.78, 5) is 0. The Morgan fingerprint density at radius 2 is 1.81 bits per heavy atom. The first kappa shape index (κ1) is 15.8. The van der Waals surface area contributed by atoms with Crippen molar-refractivity contribution in [2.75, 3.05) is 13.1 Å². The Morgan fingerprint density at radius 1 is 1.10 bits per heavy atom. The number of aryl methyl sites for hydroxylation is 1. The lowest BCUT2D eigenvalue weighted by molar-refractivity contribution is 0.528. The van der Waals surface area contributed by atoms with E-state index in [0.29, 0.717) is 11.8 Å². The van der Waals surface area contributed by atoms with E-state index in [1.54, 1.807) is 0 Å². The number of benzene rings is 1. The van der Waals surface area contributed by atoms with Crippen molar-refractivity contribution in [1.82, 2.24) is 15.1 Å². The fourth-order valence-corrected chi connectivity index (χ4v) is 2.40. The molecular formula is C18H27N3. The summed E-state index contributed by atoms with van der Waals surface area (Å²) < 4.78 is 1.98. The van der Waals surface area contributed by atoms with Crippen molar-refractivity contribution >= 4 is 0 Å². The van der Waals surface area contributed by atoms with Crippen molar-refractivity contribution in [2.24, 2.45) is 5.92 Å². The Morgan fingerprint density at radius 3 is 2.38 bits per heavy atom. The van der Waals surface area contributed by atoms with Crippen molar-refractivity contribution in [2.45, 2.75) is 40.2 Å². The van der Waals surface area contributed by atoms with Gasteiger partial charge in [-0.3, -0.25) is 4.68 Å². The minimum absolute atomic E-state index is 0.546. The van der Waals surface area contributed by atoms with E-state index < -0.39 is 0 Å². The average Bonchev–Trinajstić information content (AvgIpc) is 2.84. The predicted octanol–water partition coefficient (Wildman–Crippen LogP) is 3.59. The maximum absolute atomic E-state index is 4.33. The van der Waals surface area contributed by atoms with E-state index in [1.165, 1.54) is 16.7 Å². The largest absolute Gasteiger partial charge is 0.316 e. The predicted molar refractivity (Wildman–Crippen MR) is 88.6 cm³/mol. The minimum atomic E-state index is 0.546. The monoisotopic (exact) mass is 285 g/mol. The van der Waals surface area contributed by atoms with E-state index in [4.69, 9.17) is 0 Å². The fraction of sp³-hybridized carbons (Fsp3) is 0.500. The molecule has 1 atom stereocenters. The molecule has 1 heterocycles. The molecule has 0 fully saturated rings. The second kappa shape index (κ2) is 7.41. The number of nitrogens with zero attached hydrogens (tertiary/aromatic N) is 2. The molecule has 2 rings (SSSR count). The van der Waals surface area contributed by atoms with Gasteiger partial charge >= 0.3 is 0 Å². The van der Waals surface area contributed by atoms with Gasteiger partial charge in [0.15, 0.2) is 0 Å². The first-order valence-electron chi connectivity index (χ1n) is 7.83. The topological polar surface area (TPSA) is 29.9 Å². The Hall–Kier alpha value is -1.61. The van der Waals surface area contributed by atoms with Crippen LogP contribution in [0, 0.1) is 12.8 Å². The second-order valence-corrected chi connectivity index (χ2v) is 6.41. The van der Waals surface area contributed by atoms with Crippen molar-refractivity contribution in [3.05, 3.63) is 53.3 Å². The van der Waals surface area contributed by atoms with E-state index in [9.17, 15) is 0 Å². The SMILES string of the molecule is Cc1cnn(Cc2ccc(C(C)CNCC(C)C)cc2)c1. The third kappa shape index (κ3) is 5.01. The van der Waals surface area contributed by atoms with Gasteiger partial charge in [-0.05, 0) is 42.0 Å². The lowest BCUT2D eigenvalue weighted by atomic mass is 9.99. The molecule has 0 spiro atoms. The van der Waals surface area contributed by atoms with Gasteiger partial charge in [-0.1, -0.05) is 45.0 Å². The Labute approximate surface area is 128 Å². The highest BCUT2D eigenvalue weighted by molar-refractivity contribution is 5.25. The van der Waals surface area contributed by atoms with Crippen LogP contribution in [-0.2, 0) is 6.54 Å². The quantitative estimate of drug-likeness (QED) is 0.842. The zero-order valence-corrected chi connectivity index (χ0v) is 13.6. The summed E-state index contributed by atoms with van der Waals surface area (Å²) in [6, 6.07) is 8.91. The number of aromatic nitrogens is 2. The lowest BCUT2D eigenvalue weighted by Gasteiger charge is -2.15. The number of hydrogen-bond acceptors (Lipinski definition) is 2. The van der Waals surface area contributed by atoms with Gasteiger partial charge in [0, 0.05) is 12.7 Å². The van der Waals surface area contributed by atoms with Crippen molar-refractivity contribution in [3.63, 3.8) is 0 Å². The molecule has 0 aliphatic heterocycles. The highest BCUT2D eigenvalue weighted by atomic mass is 15.3. The molecule has 21 heavy (non-hydrogen) atoms. The Balaban J connectivity index is 1.89. The van der Waals surface area contributed by atoms with E-state index in [2.05, 4.69) is 68.6 Å². The fourth-order valence-electron chi connectivity index (χ4n) is 2.40. The normalized spacial score (nSPS) is 12.8. The van der Waals surface area contributed by atoms with Gasteiger partial charge in [-0.25, -0.2) is 0 Å². The smallest absolute Gasteiger partial charge is 0.0659 e. The van der Waals surface area contributed by atoms with Gasteiger partial charge in [0.05, 0.1) is 12.7 Å². The van der Waals surface area contributed by atoms with Crippen LogP contribution < -0.4 is 5.32 Å². The highest BCUT2D eigenvalue weighted by Gasteiger charge is 2.06. The first-order valence-corrected chi connectivity index (χ1v) is 7.83. The van der Waals surface area contributed by atoms with Crippen LogP contribution in [0.3, 0.4) is 0 Å². The van der Waals surface area contributed by atoms with Crippen LogP contribution >= 0.6 is 0 Å². The van der Waals surface area contributed by atoms with Crippen molar-refractivity contribution in [3.8, 4) is 0 Å². The van der Waals surface area contributed by atoms with Crippen molar-refractivity contribution < 1.29 is 0 Å². The van der Waals surface area contributed by atoms with E-state index in [0.717, 1.165) is 19.6 Å². The average molecular weight is 285 g/mol. The summed E-state index contributed by atoms with van der Waals surface area (Å²) >= 11 is 0. The van der Waals surface area contributed by atoms with Gasteiger partial charge in [0.1, 0.15) is 0 Å². The molecule has 114 valence electrons. The second-order valence-electron chi connectivity index (χ2n) is 6.41. The summed E-state index contributed by atoms with van der Waals surface area (Å²) in [6.45, 7) is 11.8. The molecule has 2 aromatic rings. The highest BCUT2D eigenvalue weighted by Crippen LogP contribution is 2.16. The van der Waals surface area contributed by atoms with Crippen LogP contribution in [0.4, 0.5) is 0 Å². The maximum Gasteiger partial charge on any atom is 0.0659 e. The van der Waals surface area contributed by atoms with Crippen LogP contribution in [0.5, 0.6) is 0 Å². The minimum Gasteiger partial charge on any atom is -0.316 e. The van der Waals surface area contributed by atoms with E-state index in [1.807, 2.05) is 10.9 Å². The molecule has 0 aliphatic carbocycles. The van der Waals surface area contributed by atoms with Gasteiger partial charge in [0.2, 0.25) is 0 Å². The van der Waals surface area contributed by atoms with Crippen LogP contribution in [0.15, 0.2) is 36.7 Å². The molecule has 0 saturated carbocycles. The molecule has 0 amide bonds. The summed E-state index contributed by atoms with van der Waals surface area (Å²) in [6.07, 6.45) is 3.98. The third-order valence-electron chi connectivity index (χ3n) is 3.66. The molecule has 0 bridgehead atoms. The van der Waals surface area contributed by atoms with E-state index >= 15 is 0 Å². The number of nitrogens with one attached hydrogen (secondary N) is 1. The lowest BCUT2D eigenvalue weighted by Crippen LogP contribution is -2.24. The zero-order chi connectivity index (χ0) is 15.2. The number of rotatable bonds is 7. The zero-order valence-electron chi connectivity index (χ0n) is 13.6. The van der Waals surface area contributed by atoms with Gasteiger partial charge in [-0.15, -0.1) is 0 Å². The standard InChI is InChI=1S/C18H27N3/c1-14(2)9-19-11-16(4)18-7-5-17(6-8-18)13-21-12-15(3)10-20-21/h5-8,10,12,14,16,19H,9,11,13H2,1-4H3. The molecule has 1 N–H and O–H groups in total. The van der Waals surface area contributed by atoms with Crippen LogP contribution in [0.2, 0.25) is 0 Å². The van der Waals surface area contributed by atoms with Gasteiger partial charge in [0.25, 0.3) is 0 Å². The summed E-state index contributed by atoms with van der Waals surface area (Å²) in [5.41, 5.74) is 3.90. The summed E-state index contributed by atoms with van der Waals surface area (Å²) in [7, 11) is 0. The summed E-state index contributed by atoms with van der Waals surface area (Å²) in [5, 5.41) is 7.86. The molecule has 0 saturated heterocycles. The van der Waals surface area contributed by atoms with Crippen LogP contribution in [0.25, 0.3) is 0 Å². The van der Waals surface area contributed by atoms with Crippen LogP contribution in [-0.4, -0.2) is 22.9 Å². The molecule has 0 aliphatic rings. The summed E-state index contributed by atoms with van der Waals surface area (Å²) in [5.74, 6) is 1.25. The molecule has 1 aromatic carbocycles. The first-order chi connectivity index (χ1) is 10.0. The third-order valence-corrected chi connectivity index (χ3v) is 3.66. The molecule has 3 heteroatoms. The van der Waals surface area contributed by atoms with Crippen LogP contribution in [0.1, 0.15) is 43.4 Å². The number of hydrogen-bond donors (Lipinski definition) is 1. The Bertz CT molecular complexity index is 540. The molecule has 3 nitrogen and oxygen atoms in total. The molecule has 1 unspecified atom stereocenters. The van der Waals surface area contributed by atoms with E-state index in [-0.39, 0.29) is 0 Å². The van der Waals surface area contributed by atoms with Gasteiger partial charge in [-0.2, -0.15) is 5.10 Å². The molecule has 1 aromatic heterocycles. The van der Waals surface area contributed by atoms with Crippen molar-refractivity contribution in [1.29, 1.82) is 0 Å². The Kier molecular flexibility index (Phi) is 5.57. The molecule has 0 radical (unpaired) electrons. The molecular weight excluding hydrogens is 258 g/mol. The van der Waals surface area contributed by atoms with Gasteiger partial charge < -0.3 is 5.32 Å².